The van der Waals surface area contributed by atoms with Gasteiger partial charge in [0.15, 0.2) is 0 Å². The summed E-state index contributed by atoms with van der Waals surface area (Å²) in [6, 6.07) is 67.2. The van der Waals surface area contributed by atoms with E-state index in [1.807, 2.05) is 0 Å². The molecule has 6 aliphatic rings. The third-order valence-electron chi connectivity index (χ3n) is 16.0. The Morgan fingerprint density at radius 1 is 0.400 bits per heavy atom. The maximum Gasteiger partial charge on any atom is 0.0540 e. The van der Waals surface area contributed by atoms with E-state index in [-0.39, 0.29) is 10.8 Å². The van der Waals surface area contributed by atoms with E-state index in [4.69, 9.17) is 0 Å². The van der Waals surface area contributed by atoms with Gasteiger partial charge in [-0.2, -0.15) is 0 Å². The second kappa shape index (κ2) is 12.7. The quantitative estimate of drug-likeness (QED) is 0.168. The lowest BCUT2D eigenvalue weighted by Crippen LogP contribution is -2.55. The molecular weight excluding hydrogens is 723 g/mol. The molecule has 0 aromatic heterocycles. The minimum absolute atomic E-state index is 0.0751. The minimum Gasteiger partial charge on any atom is -0.309 e. The molecule has 8 aromatic carbocycles. The normalized spacial score (nSPS) is 23.4. The molecule has 0 heterocycles. The highest BCUT2D eigenvalue weighted by molar-refractivity contribution is 6.03. The van der Waals surface area contributed by atoms with Crippen molar-refractivity contribution in [2.45, 2.75) is 56.8 Å². The van der Waals surface area contributed by atoms with Crippen molar-refractivity contribution in [3.05, 3.63) is 198 Å². The zero-order valence-electron chi connectivity index (χ0n) is 34.5. The molecule has 0 atom stereocenters. The van der Waals surface area contributed by atoms with Crippen molar-refractivity contribution >= 4 is 27.8 Å². The van der Waals surface area contributed by atoms with Crippen LogP contribution in [0.4, 0.5) is 17.1 Å². The second-order valence-electron chi connectivity index (χ2n) is 19.2. The van der Waals surface area contributed by atoms with Gasteiger partial charge in [-0.25, -0.2) is 0 Å². The summed E-state index contributed by atoms with van der Waals surface area (Å²) in [5.74, 6) is 3.20. The Hall–Kier alpha value is -6.18. The van der Waals surface area contributed by atoms with Crippen LogP contribution in [-0.2, 0) is 10.8 Å². The van der Waals surface area contributed by atoms with Gasteiger partial charge in [-0.05, 0) is 146 Å². The van der Waals surface area contributed by atoms with E-state index < -0.39 is 0 Å². The van der Waals surface area contributed by atoms with Crippen LogP contribution in [0.25, 0.3) is 55.3 Å². The highest BCUT2D eigenvalue weighted by Crippen LogP contribution is 2.70. The lowest BCUT2D eigenvalue weighted by atomic mass is 9.43. The Balaban J connectivity index is 1.08. The van der Waals surface area contributed by atoms with Crippen LogP contribution in [-0.4, -0.2) is 0 Å². The van der Waals surface area contributed by atoms with E-state index in [0.717, 1.165) is 11.8 Å². The molecule has 1 spiro atoms. The molecule has 0 amide bonds. The topological polar surface area (TPSA) is 3.24 Å². The fourth-order valence-electron chi connectivity index (χ4n) is 14.0. The van der Waals surface area contributed by atoms with E-state index in [1.54, 1.807) is 11.1 Å². The predicted molar refractivity (Wildman–Crippen MR) is 250 cm³/mol. The van der Waals surface area contributed by atoms with Gasteiger partial charge in [0.1, 0.15) is 0 Å². The summed E-state index contributed by atoms with van der Waals surface area (Å²) in [4.78, 5) is 2.63. The average molecular weight is 772 g/mol. The van der Waals surface area contributed by atoms with E-state index in [1.165, 1.54) is 116 Å². The molecule has 4 saturated carbocycles. The van der Waals surface area contributed by atoms with Crippen LogP contribution in [0.3, 0.4) is 0 Å². The summed E-state index contributed by atoms with van der Waals surface area (Å²) in [5, 5.41) is 2.54. The standard InChI is InChI=1S/C59H49N/c1-58(2)52-25-9-5-19-46(52)50-23-14-24-51(57(50)58)49-21-8-12-28-56(49)60(55-27-11-7-20-48(55)44-22-13-16-39-15-3-4-17-43(39)44)42-29-30-47-45-18-6-10-26-53(45)59(54(47)36-42)40-32-37-31-38(34-40)35-41(59)33-37/h3-30,36-38,40-41H,31-35H2,1-2H3. The minimum atomic E-state index is -0.146. The maximum atomic E-state index is 2.67. The molecule has 0 saturated heterocycles. The summed E-state index contributed by atoms with van der Waals surface area (Å²) in [6.45, 7) is 4.83. The van der Waals surface area contributed by atoms with Crippen LogP contribution < -0.4 is 4.90 Å². The number of hydrogen-bond acceptors (Lipinski definition) is 1. The zero-order chi connectivity index (χ0) is 39.7. The van der Waals surface area contributed by atoms with Crippen LogP contribution in [0.5, 0.6) is 0 Å². The number of benzene rings is 8. The monoisotopic (exact) mass is 771 g/mol. The van der Waals surface area contributed by atoms with Crippen molar-refractivity contribution < 1.29 is 0 Å². The molecule has 1 heteroatoms. The van der Waals surface area contributed by atoms with Crippen LogP contribution >= 0.6 is 0 Å². The molecule has 4 bridgehead atoms. The van der Waals surface area contributed by atoms with Gasteiger partial charge in [0.05, 0.1) is 11.4 Å². The smallest absolute Gasteiger partial charge is 0.0540 e. The third-order valence-corrected chi connectivity index (χ3v) is 16.0. The highest BCUT2D eigenvalue weighted by Gasteiger charge is 2.61. The fourth-order valence-corrected chi connectivity index (χ4v) is 14.0. The van der Waals surface area contributed by atoms with E-state index in [0.29, 0.717) is 11.8 Å². The molecule has 0 radical (unpaired) electrons. The van der Waals surface area contributed by atoms with Gasteiger partial charge in [0.25, 0.3) is 0 Å². The molecule has 1 nitrogen and oxygen atoms in total. The van der Waals surface area contributed by atoms with Gasteiger partial charge in [0.2, 0.25) is 0 Å². The number of para-hydroxylation sites is 2. The van der Waals surface area contributed by atoms with Gasteiger partial charge in [0, 0.05) is 27.6 Å². The molecule has 14 rings (SSSR count). The number of anilines is 3. The van der Waals surface area contributed by atoms with Crippen molar-refractivity contribution in [2.75, 3.05) is 4.90 Å². The SMILES string of the molecule is CC1(C)c2ccccc2-c2cccc(-c3ccccc3N(c3ccc4c(c3)C3(c5ccccc5-4)C4CC5CC(C4)CC3C5)c3ccccc3-c3cccc4ccccc34)c21. The predicted octanol–water partition coefficient (Wildman–Crippen LogP) is 15.7. The first-order valence-corrected chi connectivity index (χ1v) is 22.4. The first-order valence-electron chi connectivity index (χ1n) is 22.4. The van der Waals surface area contributed by atoms with Gasteiger partial charge in [-0.1, -0.05) is 166 Å². The van der Waals surface area contributed by atoms with Crippen molar-refractivity contribution in [3.63, 3.8) is 0 Å². The van der Waals surface area contributed by atoms with Crippen molar-refractivity contribution in [1.29, 1.82) is 0 Å². The van der Waals surface area contributed by atoms with Gasteiger partial charge in [-0.3, -0.25) is 0 Å². The number of nitrogens with zero attached hydrogens (tertiary/aromatic N) is 1. The molecule has 60 heavy (non-hydrogen) atoms. The first kappa shape index (κ1) is 34.7. The summed E-state index contributed by atoms with van der Waals surface area (Å²) in [7, 11) is 0. The Kier molecular flexibility index (Phi) is 7.32. The Morgan fingerprint density at radius 3 is 1.60 bits per heavy atom. The molecule has 6 aliphatic carbocycles. The first-order chi connectivity index (χ1) is 29.5. The number of rotatable bonds is 5. The molecule has 290 valence electrons. The van der Waals surface area contributed by atoms with E-state index >= 15 is 0 Å². The van der Waals surface area contributed by atoms with E-state index in [9.17, 15) is 0 Å². The molecule has 0 N–H and O–H groups in total. The Morgan fingerprint density at radius 2 is 0.883 bits per heavy atom. The van der Waals surface area contributed by atoms with Crippen LogP contribution in [0.15, 0.2) is 176 Å². The second-order valence-corrected chi connectivity index (χ2v) is 19.2. The Labute approximate surface area is 354 Å². The zero-order valence-corrected chi connectivity index (χ0v) is 34.5. The van der Waals surface area contributed by atoms with E-state index in [2.05, 4.69) is 195 Å². The Bertz CT molecular complexity index is 3020. The van der Waals surface area contributed by atoms with Crippen molar-refractivity contribution in [2.24, 2.45) is 23.7 Å². The molecule has 8 aromatic rings. The summed E-state index contributed by atoms with van der Waals surface area (Å²) in [6.07, 6.45) is 6.95. The lowest BCUT2D eigenvalue weighted by Gasteiger charge is -2.61. The fraction of sp³-hybridized carbons (Fsp3) is 0.220. The largest absolute Gasteiger partial charge is 0.309 e. The summed E-state index contributed by atoms with van der Waals surface area (Å²) >= 11 is 0. The summed E-state index contributed by atoms with van der Waals surface area (Å²) in [5.41, 5.74) is 20.3. The number of fused-ring (bicyclic) bond motifs is 7. The van der Waals surface area contributed by atoms with Gasteiger partial charge >= 0.3 is 0 Å². The van der Waals surface area contributed by atoms with Gasteiger partial charge in [-0.15, -0.1) is 0 Å². The lowest BCUT2D eigenvalue weighted by molar-refractivity contribution is -0.0399. The molecule has 0 unspecified atom stereocenters. The molecular formula is C59H49N. The molecule has 0 aliphatic heterocycles. The van der Waals surface area contributed by atoms with Crippen LogP contribution in [0.1, 0.15) is 68.2 Å². The van der Waals surface area contributed by atoms with Crippen LogP contribution in [0.2, 0.25) is 0 Å². The van der Waals surface area contributed by atoms with Gasteiger partial charge < -0.3 is 4.90 Å². The maximum absolute atomic E-state index is 2.67. The summed E-state index contributed by atoms with van der Waals surface area (Å²) < 4.78 is 0. The van der Waals surface area contributed by atoms with Crippen LogP contribution in [0, 0.1) is 23.7 Å². The average Bonchev–Trinajstić information content (AvgIpc) is 3.71. The highest BCUT2D eigenvalue weighted by atomic mass is 15.1. The number of hydrogen-bond donors (Lipinski definition) is 0. The third kappa shape index (κ3) is 4.64. The van der Waals surface area contributed by atoms with Crippen molar-refractivity contribution in [3.8, 4) is 44.5 Å². The molecule has 4 fully saturated rings. The van der Waals surface area contributed by atoms with Crippen molar-refractivity contribution in [1.82, 2.24) is 0 Å².